The van der Waals surface area contributed by atoms with Crippen LogP contribution in [-0.2, 0) is 6.42 Å². The molecule has 0 amide bonds. The lowest BCUT2D eigenvalue weighted by Crippen LogP contribution is -2.19. The zero-order valence-corrected chi connectivity index (χ0v) is 13.1. The second-order valence-electron chi connectivity index (χ2n) is 5.80. The Kier molecular flexibility index (Phi) is 3.31. The summed E-state index contributed by atoms with van der Waals surface area (Å²) < 4.78 is 1.88. The first-order valence-corrected chi connectivity index (χ1v) is 7.99. The lowest BCUT2D eigenvalue weighted by molar-refractivity contribution is 0.0972. The molecule has 1 aliphatic rings. The molecule has 3 nitrogen and oxygen atoms in total. The number of benzene rings is 1. The molecule has 0 aliphatic heterocycles. The van der Waals surface area contributed by atoms with E-state index in [1.165, 1.54) is 0 Å². The van der Waals surface area contributed by atoms with Crippen molar-refractivity contribution in [3.8, 4) is 0 Å². The van der Waals surface area contributed by atoms with Gasteiger partial charge in [-0.15, -0.1) is 0 Å². The average Bonchev–Trinajstić information content (AvgIpc) is 3.01. The van der Waals surface area contributed by atoms with Gasteiger partial charge in [0.2, 0.25) is 5.78 Å². The third kappa shape index (κ3) is 2.28. The van der Waals surface area contributed by atoms with E-state index in [1.54, 1.807) is 24.3 Å². The highest BCUT2D eigenvalue weighted by Gasteiger charge is 2.26. The van der Waals surface area contributed by atoms with Gasteiger partial charge in [-0.1, -0.05) is 11.6 Å². The van der Waals surface area contributed by atoms with Crippen molar-refractivity contribution in [1.29, 1.82) is 0 Å². The van der Waals surface area contributed by atoms with E-state index in [0.717, 1.165) is 23.9 Å². The number of pyridine rings is 1. The van der Waals surface area contributed by atoms with Gasteiger partial charge in [0, 0.05) is 34.3 Å². The van der Waals surface area contributed by atoms with E-state index < -0.39 is 0 Å². The number of carbonyl (C=O) groups excluding carboxylic acids is 2. The highest BCUT2D eigenvalue weighted by atomic mass is 35.5. The van der Waals surface area contributed by atoms with Crippen LogP contribution in [-0.4, -0.2) is 16.0 Å². The fourth-order valence-electron chi connectivity index (χ4n) is 3.27. The molecule has 0 spiro atoms. The Morgan fingerprint density at radius 3 is 2.65 bits per heavy atom. The molecular weight excluding hydrogens is 310 g/mol. The van der Waals surface area contributed by atoms with Gasteiger partial charge in [-0.25, -0.2) is 0 Å². The zero-order valence-electron chi connectivity index (χ0n) is 12.4. The number of halogens is 1. The minimum Gasteiger partial charge on any atom is -0.313 e. The summed E-state index contributed by atoms with van der Waals surface area (Å²) in [4.78, 5) is 25.3. The Morgan fingerprint density at radius 2 is 1.87 bits per heavy atom. The van der Waals surface area contributed by atoms with Crippen LogP contribution in [0.5, 0.6) is 0 Å². The molecule has 4 heteroatoms. The van der Waals surface area contributed by atoms with Crippen molar-refractivity contribution >= 4 is 28.7 Å². The summed E-state index contributed by atoms with van der Waals surface area (Å²) in [5.41, 5.74) is 3.61. The standard InChI is InChI=1S/C19H14ClNO2/c20-13-8-6-12(7-9-13)19(23)18-15-4-1-5-17(22)16(15)11-14-3-2-10-21(14)18/h2-3,6-11H,1,4-5H2. The fourth-order valence-corrected chi connectivity index (χ4v) is 3.40. The molecule has 114 valence electrons. The minimum atomic E-state index is -0.0746. The zero-order chi connectivity index (χ0) is 16.0. The second kappa shape index (κ2) is 5.36. The summed E-state index contributed by atoms with van der Waals surface area (Å²) in [5, 5.41) is 0.595. The molecular formula is C19H14ClNO2. The highest BCUT2D eigenvalue weighted by molar-refractivity contribution is 6.30. The van der Waals surface area contributed by atoms with Gasteiger partial charge in [-0.3, -0.25) is 9.59 Å². The summed E-state index contributed by atoms with van der Waals surface area (Å²) in [5.74, 6) is 0.0505. The average molecular weight is 324 g/mol. The van der Waals surface area contributed by atoms with Crippen LogP contribution in [0, 0.1) is 0 Å². The molecule has 0 saturated carbocycles. The predicted octanol–water partition coefficient (Wildman–Crippen LogP) is 4.34. The van der Waals surface area contributed by atoms with Crippen molar-refractivity contribution in [2.45, 2.75) is 19.3 Å². The summed E-state index contributed by atoms with van der Waals surface area (Å²) in [7, 11) is 0. The van der Waals surface area contributed by atoms with Crippen LogP contribution in [0.3, 0.4) is 0 Å². The smallest absolute Gasteiger partial charge is 0.210 e. The monoisotopic (exact) mass is 323 g/mol. The quantitative estimate of drug-likeness (QED) is 0.658. The van der Waals surface area contributed by atoms with Crippen molar-refractivity contribution in [2.24, 2.45) is 0 Å². The number of nitrogens with zero attached hydrogens (tertiary/aromatic N) is 1. The van der Waals surface area contributed by atoms with Gasteiger partial charge in [0.25, 0.3) is 0 Å². The van der Waals surface area contributed by atoms with Crippen LogP contribution in [0.25, 0.3) is 5.52 Å². The maximum absolute atomic E-state index is 13.1. The first kappa shape index (κ1) is 14.2. The van der Waals surface area contributed by atoms with Crippen molar-refractivity contribution < 1.29 is 9.59 Å². The van der Waals surface area contributed by atoms with Gasteiger partial charge >= 0.3 is 0 Å². The van der Waals surface area contributed by atoms with Crippen molar-refractivity contribution in [2.75, 3.05) is 0 Å². The van der Waals surface area contributed by atoms with Crippen LogP contribution in [0.1, 0.15) is 44.8 Å². The Bertz CT molecular complexity index is 938. The molecule has 0 bridgehead atoms. The molecule has 0 unspecified atom stereocenters. The Hall–Kier alpha value is -2.39. The molecule has 23 heavy (non-hydrogen) atoms. The lowest BCUT2D eigenvalue weighted by atomic mass is 9.87. The summed E-state index contributed by atoms with van der Waals surface area (Å²) in [6.45, 7) is 0. The summed E-state index contributed by atoms with van der Waals surface area (Å²) >= 11 is 5.91. The summed E-state index contributed by atoms with van der Waals surface area (Å²) in [6.07, 6.45) is 3.97. The topological polar surface area (TPSA) is 38.5 Å². The highest BCUT2D eigenvalue weighted by Crippen LogP contribution is 2.29. The fraction of sp³-hybridized carbons (Fsp3) is 0.158. The van der Waals surface area contributed by atoms with Crippen molar-refractivity contribution in [3.63, 3.8) is 0 Å². The molecule has 0 radical (unpaired) electrons. The Balaban J connectivity index is 1.98. The van der Waals surface area contributed by atoms with Crippen LogP contribution in [0.2, 0.25) is 5.02 Å². The van der Waals surface area contributed by atoms with Crippen LogP contribution in [0.4, 0.5) is 0 Å². The van der Waals surface area contributed by atoms with E-state index in [2.05, 4.69) is 0 Å². The first-order chi connectivity index (χ1) is 11.1. The molecule has 0 atom stereocenters. The third-order valence-electron chi connectivity index (χ3n) is 4.38. The van der Waals surface area contributed by atoms with Gasteiger partial charge in [0.05, 0.1) is 5.69 Å². The van der Waals surface area contributed by atoms with Crippen LogP contribution in [0.15, 0.2) is 48.7 Å². The van der Waals surface area contributed by atoms with Gasteiger partial charge in [-0.2, -0.15) is 0 Å². The molecule has 0 saturated heterocycles. The van der Waals surface area contributed by atoms with Gasteiger partial charge in [-0.05, 0) is 60.9 Å². The SMILES string of the molecule is O=C1CCCc2c1cc1cccn1c2C(=O)c1ccc(Cl)cc1. The number of carbonyl (C=O) groups is 2. The molecule has 4 rings (SSSR count). The van der Waals surface area contributed by atoms with Gasteiger partial charge < -0.3 is 4.40 Å². The molecule has 2 aromatic heterocycles. The van der Waals surface area contributed by atoms with E-state index in [4.69, 9.17) is 11.6 Å². The number of Topliss-reactive ketones (excluding diaryl/α,β-unsaturated/α-hetero) is 1. The minimum absolute atomic E-state index is 0.0746. The van der Waals surface area contributed by atoms with E-state index in [9.17, 15) is 9.59 Å². The molecule has 2 heterocycles. The maximum Gasteiger partial charge on any atom is 0.210 e. The van der Waals surface area contributed by atoms with E-state index in [1.807, 2.05) is 28.8 Å². The van der Waals surface area contributed by atoms with Gasteiger partial charge in [0.15, 0.2) is 5.78 Å². The number of aromatic nitrogens is 1. The van der Waals surface area contributed by atoms with Crippen LogP contribution >= 0.6 is 11.6 Å². The van der Waals surface area contributed by atoms with E-state index in [0.29, 0.717) is 28.3 Å². The number of fused-ring (bicyclic) bond motifs is 2. The predicted molar refractivity (Wildman–Crippen MR) is 89.6 cm³/mol. The number of hydrogen-bond donors (Lipinski definition) is 0. The van der Waals surface area contributed by atoms with Crippen molar-refractivity contribution in [1.82, 2.24) is 4.40 Å². The molecule has 1 aromatic carbocycles. The van der Waals surface area contributed by atoms with Crippen molar-refractivity contribution in [3.05, 3.63) is 76.1 Å². The van der Waals surface area contributed by atoms with Crippen LogP contribution < -0.4 is 0 Å². The Morgan fingerprint density at radius 1 is 1.09 bits per heavy atom. The molecule has 0 fully saturated rings. The first-order valence-electron chi connectivity index (χ1n) is 7.61. The van der Waals surface area contributed by atoms with E-state index >= 15 is 0 Å². The van der Waals surface area contributed by atoms with E-state index in [-0.39, 0.29) is 11.6 Å². The summed E-state index contributed by atoms with van der Waals surface area (Å²) in [6, 6.07) is 12.6. The largest absolute Gasteiger partial charge is 0.313 e. The third-order valence-corrected chi connectivity index (χ3v) is 4.63. The molecule has 0 N–H and O–H groups in total. The maximum atomic E-state index is 13.1. The van der Waals surface area contributed by atoms with Gasteiger partial charge in [0.1, 0.15) is 0 Å². The second-order valence-corrected chi connectivity index (χ2v) is 6.24. The number of ketones is 2. The Labute approximate surface area is 138 Å². The molecule has 1 aliphatic carbocycles. The number of hydrogen-bond acceptors (Lipinski definition) is 2. The lowest BCUT2D eigenvalue weighted by Gasteiger charge is -2.20. The number of rotatable bonds is 2. The normalized spacial score (nSPS) is 14.0. The molecule has 3 aromatic rings.